The molecule has 0 atom stereocenters. The van der Waals surface area contributed by atoms with Crippen LogP contribution in [0.1, 0.15) is 30.9 Å². The molecular weight excluding hydrogens is 320 g/mol. The topological polar surface area (TPSA) is 59.1 Å². The summed E-state index contributed by atoms with van der Waals surface area (Å²) in [5.74, 6) is -0.595. The van der Waals surface area contributed by atoms with Gasteiger partial charge >= 0.3 is 0 Å². The number of carbonyl (C=O) groups excluding carboxylic acids is 2. The lowest BCUT2D eigenvalue weighted by atomic mass is 10.0. The van der Waals surface area contributed by atoms with E-state index < -0.39 is 5.79 Å². The smallest absolute Gasteiger partial charge is 0.242 e. The lowest BCUT2D eigenvalue weighted by molar-refractivity contribution is -0.187. The number of aryl methyl sites for hydroxylation is 1. The molecule has 0 saturated carbocycles. The van der Waals surface area contributed by atoms with Gasteiger partial charge in [-0.2, -0.15) is 0 Å². The lowest BCUT2D eigenvalue weighted by Gasteiger charge is -2.38. The Morgan fingerprint density at radius 1 is 1.16 bits per heavy atom. The molecule has 0 radical (unpaired) electrons. The van der Waals surface area contributed by atoms with Crippen LogP contribution in [0.5, 0.6) is 0 Å². The fourth-order valence-electron chi connectivity index (χ4n) is 3.42. The van der Waals surface area contributed by atoms with Crippen molar-refractivity contribution >= 4 is 11.8 Å². The SMILES string of the molecule is CC(=O)N(CC(=O)N1CCC2(CC1)OCCO2)Cc1ccccc1C. The number of rotatable bonds is 4. The van der Waals surface area contributed by atoms with E-state index in [0.29, 0.717) is 45.7 Å². The van der Waals surface area contributed by atoms with Crippen molar-refractivity contribution < 1.29 is 19.1 Å². The summed E-state index contributed by atoms with van der Waals surface area (Å²) in [6.07, 6.45) is 1.38. The third-order valence-corrected chi connectivity index (χ3v) is 5.09. The Labute approximate surface area is 148 Å². The summed E-state index contributed by atoms with van der Waals surface area (Å²) < 4.78 is 11.4. The molecule has 2 heterocycles. The first-order chi connectivity index (χ1) is 12.0. The highest BCUT2D eigenvalue weighted by Gasteiger charge is 2.40. The first kappa shape index (κ1) is 17.9. The highest BCUT2D eigenvalue weighted by Crippen LogP contribution is 2.31. The van der Waals surface area contributed by atoms with Crippen LogP contribution in [0.25, 0.3) is 0 Å². The van der Waals surface area contributed by atoms with Crippen molar-refractivity contribution in [2.45, 2.75) is 39.0 Å². The number of piperidine rings is 1. The van der Waals surface area contributed by atoms with Gasteiger partial charge in [0.1, 0.15) is 6.54 Å². The molecular formula is C19H26N2O4. The Morgan fingerprint density at radius 3 is 2.40 bits per heavy atom. The van der Waals surface area contributed by atoms with E-state index in [4.69, 9.17) is 9.47 Å². The third kappa shape index (κ3) is 4.19. The third-order valence-electron chi connectivity index (χ3n) is 5.09. The standard InChI is InChI=1S/C19H26N2O4/c1-15-5-3-4-6-17(15)13-21(16(2)22)14-18(23)20-9-7-19(8-10-20)24-11-12-25-19/h3-6H,7-14H2,1-2H3. The Hall–Kier alpha value is -1.92. The van der Waals surface area contributed by atoms with E-state index >= 15 is 0 Å². The van der Waals surface area contributed by atoms with Crippen LogP contribution < -0.4 is 0 Å². The van der Waals surface area contributed by atoms with Gasteiger partial charge in [0.25, 0.3) is 0 Å². The fourth-order valence-corrected chi connectivity index (χ4v) is 3.42. The number of amides is 2. The van der Waals surface area contributed by atoms with Gasteiger partial charge in [0, 0.05) is 39.4 Å². The van der Waals surface area contributed by atoms with E-state index in [1.165, 1.54) is 6.92 Å². The molecule has 1 aromatic carbocycles. The molecule has 2 aliphatic heterocycles. The summed E-state index contributed by atoms with van der Waals surface area (Å²) in [5, 5.41) is 0. The van der Waals surface area contributed by atoms with Gasteiger partial charge in [-0.25, -0.2) is 0 Å². The molecule has 2 amide bonds. The summed E-state index contributed by atoms with van der Waals surface area (Å²) in [6.45, 7) is 6.56. The first-order valence-electron chi connectivity index (χ1n) is 8.85. The molecule has 6 heteroatoms. The molecule has 1 spiro atoms. The van der Waals surface area contributed by atoms with Crippen molar-refractivity contribution in [3.63, 3.8) is 0 Å². The second-order valence-corrected chi connectivity index (χ2v) is 6.79. The van der Waals surface area contributed by atoms with Crippen molar-refractivity contribution in [1.82, 2.24) is 9.80 Å². The number of hydrogen-bond donors (Lipinski definition) is 0. The predicted octanol–water partition coefficient (Wildman–Crippen LogP) is 1.71. The molecule has 3 rings (SSSR count). The summed E-state index contributed by atoms with van der Waals surface area (Å²) in [4.78, 5) is 28.1. The van der Waals surface area contributed by atoms with Crippen LogP contribution in [0, 0.1) is 6.92 Å². The van der Waals surface area contributed by atoms with Crippen molar-refractivity contribution in [2.75, 3.05) is 32.8 Å². The van der Waals surface area contributed by atoms with E-state index in [1.54, 1.807) is 4.90 Å². The quantitative estimate of drug-likeness (QED) is 0.833. The maximum atomic E-state index is 12.6. The molecule has 0 aliphatic carbocycles. The Bertz CT molecular complexity index is 630. The van der Waals surface area contributed by atoms with Gasteiger partial charge in [0.2, 0.25) is 11.8 Å². The van der Waals surface area contributed by atoms with Crippen molar-refractivity contribution in [3.05, 3.63) is 35.4 Å². The number of carbonyl (C=O) groups is 2. The molecule has 0 aromatic heterocycles. The first-order valence-corrected chi connectivity index (χ1v) is 8.85. The average Bonchev–Trinajstić information content (AvgIpc) is 3.04. The zero-order valence-corrected chi connectivity index (χ0v) is 15.0. The maximum Gasteiger partial charge on any atom is 0.242 e. The van der Waals surface area contributed by atoms with Gasteiger partial charge < -0.3 is 19.3 Å². The summed E-state index contributed by atoms with van der Waals surface area (Å²) in [5.41, 5.74) is 2.19. The highest BCUT2D eigenvalue weighted by molar-refractivity contribution is 5.84. The van der Waals surface area contributed by atoms with Crippen molar-refractivity contribution in [3.8, 4) is 0 Å². The van der Waals surface area contributed by atoms with Crippen LogP contribution in [-0.4, -0.2) is 60.2 Å². The summed E-state index contributed by atoms with van der Waals surface area (Å²) in [6, 6.07) is 7.93. The number of benzene rings is 1. The highest BCUT2D eigenvalue weighted by atomic mass is 16.7. The minimum Gasteiger partial charge on any atom is -0.347 e. The van der Waals surface area contributed by atoms with E-state index in [1.807, 2.05) is 36.1 Å². The summed E-state index contributed by atoms with van der Waals surface area (Å²) in [7, 11) is 0. The van der Waals surface area contributed by atoms with Gasteiger partial charge in [-0.05, 0) is 18.1 Å². The van der Waals surface area contributed by atoms with Crippen molar-refractivity contribution in [1.29, 1.82) is 0 Å². The molecule has 6 nitrogen and oxygen atoms in total. The van der Waals surface area contributed by atoms with Crippen LogP contribution in [-0.2, 0) is 25.6 Å². The second kappa shape index (κ2) is 7.54. The Morgan fingerprint density at radius 2 is 1.80 bits per heavy atom. The van der Waals surface area contributed by atoms with E-state index in [-0.39, 0.29) is 18.4 Å². The monoisotopic (exact) mass is 346 g/mol. The normalized spacial score (nSPS) is 19.2. The summed E-state index contributed by atoms with van der Waals surface area (Å²) >= 11 is 0. The molecule has 2 fully saturated rings. The number of hydrogen-bond acceptors (Lipinski definition) is 4. The molecule has 0 bridgehead atoms. The number of ether oxygens (including phenoxy) is 2. The van der Waals surface area contributed by atoms with Gasteiger partial charge in [0.15, 0.2) is 5.79 Å². The molecule has 25 heavy (non-hydrogen) atoms. The Kier molecular flexibility index (Phi) is 5.39. The lowest BCUT2D eigenvalue weighted by Crippen LogP contribution is -2.50. The molecule has 0 unspecified atom stereocenters. The average molecular weight is 346 g/mol. The second-order valence-electron chi connectivity index (χ2n) is 6.79. The Balaban J connectivity index is 1.58. The minimum atomic E-state index is -0.488. The van der Waals surface area contributed by atoms with Crippen LogP contribution in [0.3, 0.4) is 0 Å². The largest absolute Gasteiger partial charge is 0.347 e. The number of nitrogens with zero attached hydrogens (tertiary/aromatic N) is 2. The van der Waals surface area contributed by atoms with Crippen molar-refractivity contribution in [2.24, 2.45) is 0 Å². The maximum absolute atomic E-state index is 12.6. The van der Waals surface area contributed by atoms with Crippen LogP contribution in [0.2, 0.25) is 0 Å². The molecule has 1 aromatic rings. The van der Waals surface area contributed by atoms with E-state index in [2.05, 4.69) is 0 Å². The molecule has 2 saturated heterocycles. The van der Waals surface area contributed by atoms with Crippen LogP contribution in [0.4, 0.5) is 0 Å². The van der Waals surface area contributed by atoms with Gasteiger partial charge in [0.05, 0.1) is 13.2 Å². The molecule has 136 valence electrons. The van der Waals surface area contributed by atoms with E-state index in [9.17, 15) is 9.59 Å². The molecule has 0 N–H and O–H groups in total. The zero-order chi connectivity index (χ0) is 17.9. The fraction of sp³-hybridized carbons (Fsp3) is 0.579. The van der Waals surface area contributed by atoms with Gasteiger partial charge in [-0.1, -0.05) is 24.3 Å². The van der Waals surface area contributed by atoms with Gasteiger partial charge in [-0.3, -0.25) is 9.59 Å². The zero-order valence-electron chi connectivity index (χ0n) is 15.0. The predicted molar refractivity (Wildman–Crippen MR) is 92.7 cm³/mol. The van der Waals surface area contributed by atoms with Crippen LogP contribution >= 0.6 is 0 Å². The minimum absolute atomic E-state index is 0.0170. The van der Waals surface area contributed by atoms with Gasteiger partial charge in [-0.15, -0.1) is 0 Å². The van der Waals surface area contributed by atoms with Crippen LogP contribution in [0.15, 0.2) is 24.3 Å². The number of likely N-dealkylation sites (tertiary alicyclic amines) is 1. The van der Waals surface area contributed by atoms with E-state index in [0.717, 1.165) is 11.1 Å². The molecule has 2 aliphatic rings.